The molecule has 1 saturated heterocycles. The van der Waals surface area contributed by atoms with Gasteiger partial charge in [0.15, 0.2) is 0 Å². The summed E-state index contributed by atoms with van der Waals surface area (Å²) in [5.41, 5.74) is 4.77. The van der Waals surface area contributed by atoms with E-state index >= 15 is 0 Å². The molecule has 0 aliphatic carbocycles. The second-order valence-corrected chi connectivity index (χ2v) is 9.10. The Bertz CT molecular complexity index is 820. The Morgan fingerprint density at radius 2 is 2.10 bits per heavy atom. The second kappa shape index (κ2) is 10.3. The lowest BCUT2D eigenvalue weighted by Crippen LogP contribution is -2.55. The number of carbonyl (C=O) groups is 2. The zero-order chi connectivity index (χ0) is 22.5. The third kappa shape index (κ3) is 7.00. The Hall–Kier alpha value is -2.10. The predicted molar refractivity (Wildman–Crippen MR) is 115 cm³/mol. The van der Waals surface area contributed by atoms with E-state index in [0.29, 0.717) is 39.1 Å². The summed E-state index contributed by atoms with van der Waals surface area (Å²) >= 11 is 5.91. The van der Waals surface area contributed by atoms with Crippen LogP contribution in [-0.2, 0) is 14.3 Å². The van der Waals surface area contributed by atoms with Crippen LogP contribution < -0.4 is 16.6 Å². The number of halogens is 1. The predicted octanol–water partition coefficient (Wildman–Crippen LogP) is 1.41. The zero-order valence-corrected chi connectivity index (χ0v) is 18.7. The minimum absolute atomic E-state index is 0.0160. The Balaban J connectivity index is 1.88. The topological polar surface area (TPSA) is 127 Å². The highest BCUT2D eigenvalue weighted by molar-refractivity contribution is 6.33. The third-order valence-corrected chi connectivity index (χ3v) is 5.14. The van der Waals surface area contributed by atoms with Crippen molar-refractivity contribution in [2.45, 2.75) is 45.8 Å². The first-order valence-corrected chi connectivity index (χ1v) is 10.3. The number of piperidine rings is 1. The molecule has 168 valence electrons. The molecule has 0 bridgehead atoms. The number of hydrogen-bond acceptors (Lipinski definition) is 7. The number of ether oxygens (including phenoxy) is 2. The lowest BCUT2D eigenvalue weighted by atomic mass is 9.99. The van der Waals surface area contributed by atoms with Crippen LogP contribution >= 0.6 is 11.6 Å². The van der Waals surface area contributed by atoms with E-state index in [2.05, 4.69) is 15.2 Å². The number of H-pyrrole nitrogens is 1. The molecule has 1 aliphatic rings. The summed E-state index contributed by atoms with van der Waals surface area (Å²) in [5.74, 6) is -0.750. The van der Waals surface area contributed by atoms with E-state index in [1.807, 2.05) is 20.8 Å². The van der Waals surface area contributed by atoms with Crippen LogP contribution in [0.5, 0.6) is 0 Å². The molecule has 1 aliphatic heterocycles. The summed E-state index contributed by atoms with van der Waals surface area (Å²) < 4.78 is 10.8. The molecule has 2 heterocycles. The lowest BCUT2D eigenvalue weighted by Gasteiger charge is -2.38. The van der Waals surface area contributed by atoms with Crippen LogP contribution in [-0.4, -0.2) is 67.3 Å². The number of anilines is 1. The fraction of sp³-hybridized carbons (Fsp3) is 0.650. The second-order valence-electron chi connectivity index (χ2n) is 8.69. The molecule has 2 rings (SSSR count). The van der Waals surface area contributed by atoms with Crippen LogP contribution in [0.2, 0.25) is 5.02 Å². The van der Waals surface area contributed by atoms with E-state index in [4.69, 9.17) is 26.8 Å². The highest BCUT2D eigenvalue weighted by atomic mass is 35.5. The van der Waals surface area contributed by atoms with Crippen molar-refractivity contribution in [1.29, 1.82) is 0 Å². The number of rotatable bonds is 7. The number of likely N-dealkylation sites (tertiary alicyclic amines) is 1. The number of nitrogen functional groups attached to an aromatic ring is 1. The van der Waals surface area contributed by atoms with E-state index in [9.17, 15) is 14.4 Å². The van der Waals surface area contributed by atoms with Crippen molar-refractivity contribution in [2.75, 3.05) is 39.1 Å². The maximum absolute atomic E-state index is 12.5. The van der Waals surface area contributed by atoms with Gasteiger partial charge in [0.05, 0.1) is 30.2 Å². The van der Waals surface area contributed by atoms with Crippen molar-refractivity contribution in [1.82, 2.24) is 15.2 Å². The summed E-state index contributed by atoms with van der Waals surface area (Å²) in [6, 6.07) is 0.980. The Morgan fingerprint density at radius 3 is 2.73 bits per heavy atom. The van der Waals surface area contributed by atoms with Crippen molar-refractivity contribution in [3.63, 3.8) is 0 Å². The van der Waals surface area contributed by atoms with Crippen LogP contribution in [0.15, 0.2) is 10.9 Å². The summed E-state index contributed by atoms with van der Waals surface area (Å²) in [4.78, 5) is 40.9. The van der Waals surface area contributed by atoms with Gasteiger partial charge in [-0.05, 0) is 17.9 Å². The Morgan fingerprint density at radius 1 is 1.40 bits per heavy atom. The standard InChI is InChI=1S/C20H31ClN4O5/c1-20(2,3)11-30-16(26)6-8-25-7-5-14(15(10-25)29-4)23-18(27)12-9-13(21)17(22)24-19(12)28/h9,14-15H,5-8,10-11H2,1-4H3,(H,23,27)(H3,22,24,28)/t14-,15+/m1/s1. The summed E-state index contributed by atoms with van der Waals surface area (Å²) in [7, 11) is 1.57. The van der Waals surface area contributed by atoms with E-state index in [1.54, 1.807) is 7.11 Å². The highest BCUT2D eigenvalue weighted by Gasteiger charge is 2.31. The first-order valence-electron chi connectivity index (χ1n) is 9.90. The van der Waals surface area contributed by atoms with Gasteiger partial charge in [-0.2, -0.15) is 0 Å². The lowest BCUT2D eigenvalue weighted by molar-refractivity contribution is -0.147. The van der Waals surface area contributed by atoms with Gasteiger partial charge >= 0.3 is 5.97 Å². The van der Waals surface area contributed by atoms with Crippen LogP contribution in [0.3, 0.4) is 0 Å². The molecule has 0 aromatic carbocycles. The van der Waals surface area contributed by atoms with Crippen LogP contribution in [0, 0.1) is 5.41 Å². The summed E-state index contributed by atoms with van der Waals surface area (Å²) in [6.07, 6.45) is 0.627. The molecular formula is C20H31ClN4O5. The van der Waals surface area contributed by atoms with Crippen LogP contribution in [0.1, 0.15) is 44.0 Å². The smallest absolute Gasteiger partial charge is 0.307 e. The molecule has 2 atom stereocenters. The van der Waals surface area contributed by atoms with Crippen molar-refractivity contribution in [3.05, 3.63) is 27.0 Å². The normalized spacial score (nSPS) is 20.0. The number of aromatic amines is 1. The highest BCUT2D eigenvalue weighted by Crippen LogP contribution is 2.18. The fourth-order valence-corrected chi connectivity index (χ4v) is 3.30. The van der Waals surface area contributed by atoms with Crippen molar-refractivity contribution >= 4 is 29.3 Å². The number of carbonyl (C=O) groups excluding carboxylic acids is 2. The van der Waals surface area contributed by atoms with Crippen molar-refractivity contribution in [2.24, 2.45) is 5.41 Å². The zero-order valence-electron chi connectivity index (χ0n) is 17.9. The van der Waals surface area contributed by atoms with Gasteiger partial charge in [0.25, 0.3) is 11.5 Å². The maximum Gasteiger partial charge on any atom is 0.307 e. The largest absolute Gasteiger partial charge is 0.465 e. The number of pyridine rings is 1. The van der Waals surface area contributed by atoms with Gasteiger partial charge in [-0.1, -0.05) is 32.4 Å². The average molecular weight is 443 g/mol. The number of esters is 1. The first kappa shape index (κ1) is 24.2. The maximum atomic E-state index is 12.5. The van der Waals surface area contributed by atoms with E-state index < -0.39 is 11.5 Å². The van der Waals surface area contributed by atoms with Crippen molar-refractivity contribution < 1.29 is 19.1 Å². The molecule has 10 heteroatoms. The van der Waals surface area contributed by atoms with E-state index in [0.717, 1.165) is 0 Å². The van der Waals surface area contributed by atoms with E-state index in [1.165, 1.54) is 6.07 Å². The van der Waals surface area contributed by atoms with E-state index in [-0.39, 0.29) is 39.9 Å². The Labute approximate surface area is 181 Å². The molecule has 0 saturated carbocycles. The van der Waals surface area contributed by atoms with Gasteiger partial charge in [0, 0.05) is 26.7 Å². The molecule has 1 aromatic heterocycles. The van der Waals surface area contributed by atoms with Crippen LogP contribution in [0.4, 0.5) is 5.82 Å². The monoisotopic (exact) mass is 442 g/mol. The van der Waals surface area contributed by atoms with Gasteiger partial charge in [0.2, 0.25) is 0 Å². The number of aromatic nitrogens is 1. The molecule has 1 fully saturated rings. The van der Waals surface area contributed by atoms with Crippen molar-refractivity contribution in [3.8, 4) is 0 Å². The van der Waals surface area contributed by atoms with Gasteiger partial charge in [0.1, 0.15) is 11.4 Å². The number of methoxy groups -OCH3 is 1. The molecule has 0 radical (unpaired) electrons. The Kier molecular flexibility index (Phi) is 8.28. The quantitative estimate of drug-likeness (QED) is 0.545. The molecule has 1 aromatic rings. The van der Waals surface area contributed by atoms with Gasteiger partial charge in [-0.25, -0.2) is 0 Å². The molecule has 9 nitrogen and oxygen atoms in total. The molecule has 0 spiro atoms. The SMILES string of the molecule is CO[C@H]1CN(CCC(=O)OCC(C)(C)C)CC[C@H]1NC(=O)c1cc(Cl)c(N)[nH]c1=O. The summed E-state index contributed by atoms with van der Waals surface area (Å²) in [5, 5.41) is 2.95. The number of hydrogen-bond donors (Lipinski definition) is 3. The number of amides is 1. The van der Waals surface area contributed by atoms with Crippen LogP contribution in [0.25, 0.3) is 0 Å². The fourth-order valence-electron chi connectivity index (χ4n) is 3.14. The third-order valence-electron chi connectivity index (χ3n) is 4.83. The molecule has 30 heavy (non-hydrogen) atoms. The first-order chi connectivity index (χ1) is 14.0. The van der Waals surface area contributed by atoms with Gasteiger partial charge < -0.3 is 30.4 Å². The van der Waals surface area contributed by atoms with Gasteiger partial charge in [-0.3, -0.25) is 14.4 Å². The number of nitrogens with zero attached hydrogens (tertiary/aromatic N) is 1. The summed E-state index contributed by atoms with van der Waals surface area (Å²) in [6.45, 7) is 8.19. The molecule has 0 unspecified atom stereocenters. The number of nitrogens with two attached hydrogens (primary N) is 1. The number of nitrogens with one attached hydrogen (secondary N) is 2. The minimum atomic E-state index is -0.602. The average Bonchev–Trinajstić information content (AvgIpc) is 2.67. The molecule has 4 N–H and O–H groups in total. The molecular weight excluding hydrogens is 412 g/mol. The van der Waals surface area contributed by atoms with Gasteiger partial charge in [-0.15, -0.1) is 0 Å². The minimum Gasteiger partial charge on any atom is -0.465 e. The molecule has 1 amide bonds.